The lowest BCUT2D eigenvalue weighted by Crippen LogP contribution is -2.43. The van der Waals surface area contributed by atoms with E-state index >= 15 is 0 Å². The van der Waals surface area contributed by atoms with Crippen LogP contribution in [0, 0.1) is 0 Å². The molecule has 0 unspecified atom stereocenters. The number of carbonyl (C=O) groups is 2. The van der Waals surface area contributed by atoms with Gasteiger partial charge in [0.05, 0.1) is 21.2 Å². The average Bonchev–Trinajstić information content (AvgIpc) is 2.27. The number of carbonyl (C=O) groups excluding carboxylic acids is 2. The molecule has 6 heteroatoms. The Balaban J connectivity index is 3.29. The molecule has 0 aliphatic rings. The van der Waals surface area contributed by atoms with Gasteiger partial charge in [-0.05, 0) is 53.7 Å². The van der Waals surface area contributed by atoms with Crippen LogP contribution in [0.3, 0.4) is 0 Å². The summed E-state index contributed by atoms with van der Waals surface area (Å²) in [6.45, 7) is 11.2. The molecular weight excluding hydrogens is 323 g/mol. The van der Waals surface area contributed by atoms with Crippen molar-refractivity contribution in [1.82, 2.24) is 10.6 Å². The second-order valence-electron chi connectivity index (χ2n) is 7.22. The summed E-state index contributed by atoms with van der Waals surface area (Å²) in [5.41, 5.74) is -0.459. The Morgan fingerprint density at radius 1 is 0.773 bits per heavy atom. The molecule has 2 N–H and O–H groups in total. The summed E-state index contributed by atoms with van der Waals surface area (Å²) in [7, 11) is 0. The van der Waals surface area contributed by atoms with Gasteiger partial charge in [0, 0.05) is 11.1 Å². The van der Waals surface area contributed by atoms with Crippen LogP contribution in [0.5, 0.6) is 0 Å². The third-order valence-electron chi connectivity index (χ3n) is 2.53. The summed E-state index contributed by atoms with van der Waals surface area (Å²) in [6, 6.07) is 2.84. The highest BCUT2D eigenvalue weighted by Gasteiger charge is 2.24. The largest absolute Gasteiger partial charge is 0.347 e. The molecule has 0 atom stereocenters. The standard InChI is InChI=1S/C16H22Cl2N2O2/c1-15(2,3)19-13(21)9-7-11(17)12(18)8-10(9)14(22)20-16(4,5)6/h7-8H,1-6H3,(H,19,21)(H,20,22). The van der Waals surface area contributed by atoms with Crippen LogP contribution in [0.15, 0.2) is 12.1 Å². The third-order valence-corrected chi connectivity index (χ3v) is 3.25. The zero-order valence-corrected chi connectivity index (χ0v) is 15.2. The van der Waals surface area contributed by atoms with E-state index in [0.717, 1.165) is 0 Å². The Morgan fingerprint density at radius 2 is 1.05 bits per heavy atom. The van der Waals surface area contributed by atoms with Gasteiger partial charge in [-0.3, -0.25) is 9.59 Å². The van der Waals surface area contributed by atoms with Gasteiger partial charge in [0.1, 0.15) is 0 Å². The lowest BCUT2D eigenvalue weighted by molar-refractivity contribution is 0.0883. The Labute approximate surface area is 141 Å². The minimum Gasteiger partial charge on any atom is -0.347 e. The second kappa shape index (κ2) is 6.47. The van der Waals surface area contributed by atoms with Gasteiger partial charge >= 0.3 is 0 Å². The van der Waals surface area contributed by atoms with Crippen molar-refractivity contribution in [3.63, 3.8) is 0 Å². The molecule has 0 saturated carbocycles. The predicted molar refractivity (Wildman–Crippen MR) is 90.9 cm³/mol. The van der Waals surface area contributed by atoms with Gasteiger partial charge in [0.25, 0.3) is 11.8 Å². The van der Waals surface area contributed by atoms with E-state index in [2.05, 4.69) is 10.6 Å². The van der Waals surface area contributed by atoms with E-state index in [1.54, 1.807) is 0 Å². The van der Waals surface area contributed by atoms with Crippen molar-refractivity contribution in [2.24, 2.45) is 0 Å². The number of amides is 2. The second-order valence-corrected chi connectivity index (χ2v) is 8.03. The number of hydrogen-bond acceptors (Lipinski definition) is 2. The summed E-state index contributed by atoms with van der Waals surface area (Å²) < 4.78 is 0. The van der Waals surface area contributed by atoms with E-state index in [9.17, 15) is 9.59 Å². The van der Waals surface area contributed by atoms with Crippen LogP contribution in [-0.4, -0.2) is 22.9 Å². The van der Waals surface area contributed by atoms with Gasteiger partial charge in [0.15, 0.2) is 0 Å². The Bertz CT molecular complexity index is 546. The maximum absolute atomic E-state index is 12.4. The fourth-order valence-electron chi connectivity index (χ4n) is 1.74. The molecule has 0 radical (unpaired) electrons. The van der Waals surface area contributed by atoms with Gasteiger partial charge in [0.2, 0.25) is 0 Å². The molecule has 0 spiro atoms. The molecule has 0 aliphatic carbocycles. The normalized spacial score (nSPS) is 12.0. The molecular formula is C16H22Cl2N2O2. The Kier molecular flexibility index (Phi) is 5.52. The van der Waals surface area contributed by atoms with Crippen LogP contribution in [0.4, 0.5) is 0 Å². The maximum Gasteiger partial charge on any atom is 0.252 e. The highest BCUT2D eigenvalue weighted by molar-refractivity contribution is 6.42. The predicted octanol–water partition coefficient (Wildman–Crippen LogP) is 4.05. The quantitative estimate of drug-likeness (QED) is 0.850. The van der Waals surface area contributed by atoms with E-state index in [1.807, 2.05) is 41.5 Å². The summed E-state index contributed by atoms with van der Waals surface area (Å²) in [5.74, 6) is -0.741. The van der Waals surface area contributed by atoms with Crippen molar-refractivity contribution >= 4 is 35.0 Å². The summed E-state index contributed by atoms with van der Waals surface area (Å²) in [5, 5.41) is 6.10. The molecule has 122 valence electrons. The first kappa shape index (κ1) is 18.8. The molecule has 1 aromatic carbocycles. The van der Waals surface area contributed by atoms with Crippen molar-refractivity contribution in [3.8, 4) is 0 Å². The number of hydrogen-bond donors (Lipinski definition) is 2. The van der Waals surface area contributed by atoms with E-state index in [0.29, 0.717) is 0 Å². The van der Waals surface area contributed by atoms with Gasteiger partial charge in [-0.1, -0.05) is 23.2 Å². The van der Waals surface area contributed by atoms with E-state index in [1.165, 1.54) is 12.1 Å². The molecule has 0 aliphatic heterocycles. The van der Waals surface area contributed by atoms with Gasteiger partial charge in [-0.25, -0.2) is 0 Å². The third kappa shape index (κ3) is 5.50. The van der Waals surface area contributed by atoms with Gasteiger partial charge in [-0.2, -0.15) is 0 Å². The minimum absolute atomic E-state index is 0.200. The fourth-order valence-corrected chi connectivity index (χ4v) is 2.07. The number of benzene rings is 1. The smallest absolute Gasteiger partial charge is 0.252 e. The number of halogens is 2. The molecule has 4 nitrogen and oxygen atoms in total. The molecule has 1 rings (SSSR count). The van der Waals surface area contributed by atoms with Crippen molar-refractivity contribution in [2.75, 3.05) is 0 Å². The SMILES string of the molecule is CC(C)(C)NC(=O)c1cc(Cl)c(Cl)cc1C(=O)NC(C)(C)C. The monoisotopic (exact) mass is 344 g/mol. The van der Waals surface area contributed by atoms with Crippen molar-refractivity contribution in [1.29, 1.82) is 0 Å². The fraction of sp³-hybridized carbons (Fsp3) is 0.500. The Morgan fingerprint density at radius 3 is 1.27 bits per heavy atom. The topological polar surface area (TPSA) is 58.2 Å². The zero-order valence-electron chi connectivity index (χ0n) is 13.7. The maximum atomic E-state index is 12.4. The van der Waals surface area contributed by atoms with Crippen LogP contribution in [0.25, 0.3) is 0 Å². The van der Waals surface area contributed by atoms with Crippen molar-refractivity contribution in [2.45, 2.75) is 52.6 Å². The summed E-state index contributed by atoms with van der Waals surface area (Å²) >= 11 is 12.0. The molecule has 0 saturated heterocycles. The number of nitrogens with one attached hydrogen (secondary N) is 2. The molecule has 0 bridgehead atoms. The first-order valence-corrected chi connectivity index (χ1v) is 7.70. The van der Waals surface area contributed by atoms with Crippen molar-refractivity contribution in [3.05, 3.63) is 33.3 Å². The van der Waals surface area contributed by atoms with Crippen molar-refractivity contribution < 1.29 is 9.59 Å². The molecule has 0 fully saturated rings. The summed E-state index contributed by atoms with van der Waals surface area (Å²) in [6.07, 6.45) is 0. The molecule has 1 aromatic rings. The molecule has 22 heavy (non-hydrogen) atoms. The van der Waals surface area contributed by atoms with E-state index in [4.69, 9.17) is 23.2 Å². The Hall–Kier alpha value is -1.26. The van der Waals surface area contributed by atoms with Crippen LogP contribution >= 0.6 is 23.2 Å². The van der Waals surface area contributed by atoms with Gasteiger partial charge in [-0.15, -0.1) is 0 Å². The van der Waals surface area contributed by atoms with E-state index < -0.39 is 11.1 Å². The highest BCUT2D eigenvalue weighted by atomic mass is 35.5. The lowest BCUT2D eigenvalue weighted by atomic mass is 10.0. The van der Waals surface area contributed by atoms with Crippen LogP contribution in [-0.2, 0) is 0 Å². The first-order chi connectivity index (χ1) is 9.80. The van der Waals surface area contributed by atoms with Crippen LogP contribution in [0.2, 0.25) is 10.0 Å². The van der Waals surface area contributed by atoms with E-state index in [-0.39, 0.29) is 33.0 Å². The minimum atomic E-state index is -0.430. The lowest BCUT2D eigenvalue weighted by Gasteiger charge is -2.24. The van der Waals surface area contributed by atoms with Gasteiger partial charge < -0.3 is 10.6 Å². The molecule has 0 aromatic heterocycles. The summed E-state index contributed by atoms with van der Waals surface area (Å²) in [4.78, 5) is 24.8. The zero-order chi connectivity index (χ0) is 17.3. The molecule has 2 amide bonds. The highest BCUT2D eigenvalue weighted by Crippen LogP contribution is 2.27. The average molecular weight is 345 g/mol. The van der Waals surface area contributed by atoms with Crippen LogP contribution in [0.1, 0.15) is 62.3 Å². The number of rotatable bonds is 2. The molecule has 0 heterocycles. The van der Waals surface area contributed by atoms with Crippen LogP contribution < -0.4 is 10.6 Å². The first-order valence-electron chi connectivity index (χ1n) is 6.94.